The van der Waals surface area contributed by atoms with Crippen molar-refractivity contribution in [1.29, 1.82) is 0 Å². The number of thiazole rings is 1. The zero-order valence-electron chi connectivity index (χ0n) is 8.90. The topological polar surface area (TPSA) is 62.2 Å². The predicted octanol–water partition coefficient (Wildman–Crippen LogP) is 3.03. The number of anilines is 2. The molecule has 1 aromatic heterocycles. The average Bonchev–Trinajstić information content (AvgIpc) is 2.64. The first-order chi connectivity index (χ1) is 8.04. The van der Waals surface area contributed by atoms with Gasteiger partial charge in [-0.05, 0) is 30.7 Å². The van der Waals surface area contributed by atoms with Gasteiger partial charge in [-0.2, -0.15) is 0 Å². The number of carboxylic acid groups (broad SMARTS) is 1. The highest BCUT2D eigenvalue weighted by Crippen LogP contribution is 2.22. The smallest absolute Gasteiger partial charge is 0.355 e. The van der Waals surface area contributed by atoms with Gasteiger partial charge < -0.3 is 10.4 Å². The Kier molecular flexibility index (Phi) is 3.06. The number of hydrogen-bond acceptors (Lipinski definition) is 4. The van der Waals surface area contributed by atoms with Gasteiger partial charge in [-0.3, -0.25) is 0 Å². The normalized spacial score (nSPS) is 10.2. The van der Waals surface area contributed by atoms with Gasteiger partial charge in [0.2, 0.25) is 0 Å². The summed E-state index contributed by atoms with van der Waals surface area (Å²) >= 11 is 1.16. The Balaban J connectivity index is 2.22. The summed E-state index contributed by atoms with van der Waals surface area (Å²) in [6, 6.07) is 4.50. The van der Waals surface area contributed by atoms with Gasteiger partial charge in [-0.15, -0.1) is 11.3 Å². The summed E-state index contributed by atoms with van der Waals surface area (Å²) in [5, 5.41) is 13.4. The van der Waals surface area contributed by atoms with Crippen molar-refractivity contribution in [3.63, 3.8) is 0 Å². The van der Waals surface area contributed by atoms with Crippen LogP contribution in [0.25, 0.3) is 0 Å². The van der Waals surface area contributed by atoms with Crippen LogP contribution in [-0.4, -0.2) is 16.1 Å². The number of aromatic carboxylic acids is 1. The number of nitrogens with one attached hydrogen (secondary N) is 1. The van der Waals surface area contributed by atoms with Crippen LogP contribution >= 0.6 is 11.3 Å². The summed E-state index contributed by atoms with van der Waals surface area (Å²) < 4.78 is 13.1. The van der Waals surface area contributed by atoms with Crippen LogP contribution in [0.2, 0.25) is 0 Å². The second kappa shape index (κ2) is 4.50. The van der Waals surface area contributed by atoms with E-state index in [4.69, 9.17) is 5.11 Å². The molecule has 17 heavy (non-hydrogen) atoms. The molecule has 0 aliphatic rings. The highest BCUT2D eigenvalue weighted by Gasteiger charge is 2.08. The maximum Gasteiger partial charge on any atom is 0.355 e. The highest BCUT2D eigenvalue weighted by atomic mass is 32.1. The lowest BCUT2D eigenvalue weighted by Gasteiger charge is -2.03. The maximum atomic E-state index is 13.1. The monoisotopic (exact) mass is 252 g/mol. The van der Waals surface area contributed by atoms with Crippen LogP contribution in [0.1, 0.15) is 16.1 Å². The molecule has 0 spiro atoms. The van der Waals surface area contributed by atoms with E-state index in [-0.39, 0.29) is 11.5 Å². The summed E-state index contributed by atoms with van der Waals surface area (Å²) in [4.78, 5) is 14.5. The highest BCUT2D eigenvalue weighted by molar-refractivity contribution is 7.14. The van der Waals surface area contributed by atoms with E-state index in [9.17, 15) is 9.18 Å². The summed E-state index contributed by atoms with van der Waals surface area (Å²) in [6.45, 7) is 1.78. The standard InChI is InChI=1S/C11H9FN2O2S/c1-6-2-7(12)4-8(3-6)13-11-14-9(5-17-11)10(15)16/h2-5H,1H3,(H,13,14)(H,15,16). The molecule has 0 fully saturated rings. The zero-order valence-corrected chi connectivity index (χ0v) is 9.71. The summed E-state index contributed by atoms with van der Waals surface area (Å²) in [5.74, 6) is -1.42. The zero-order chi connectivity index (χ0) is 12.4. The SMILES string of the molecule is Cc1cc(F)cc(Nc2nc(C(=O)O)cs2)c1. The minimum absolute atomic E-state index is 0.0226. The van der Waals surface area contributed by atoms with Crippen LogP contribution < -0.4 is 5.32 Å². The van der Waals surface area contributed by atoms with Gasteiger partial charge >= 0.3 is 5.97 Å². The molecule has 0 amide bonds. The van der Waals surface area contributed by atoms with Gasteiger partial charge in [0.05, 0.1) is 0 Å². The van der Waals surface area contributed by atoms with Crippen molar-refractivity contribution in [1.82, 2.24) is 4.98 Å². The lowest BCUT2D eigenvalue weighted by atomic mass is 10.2. The Morgan fingerprint density at radius 2 is 2.24 bits per heavy atom. The molecular weight excluding hydrogens is 243 g/mol. The number of carbonyl (C=O) groups is 1. The minimum Gasteiger partial charge on any atom is -0.476 e. The molecule has 1 heterocycles. The fourth-order valence-corrected chi connectivity index (χ4v) is 2.07. The molecule has 4 nitrogen and oxygen atoms in total. The van der Waals surface area contributed by atoms with Gasteiger partial charge in [0, 0.05) is 11.1 Å². The predicted molar refractivity (Wildman–Crippen MR) is 63.5 cm³/mol. The van der Waals surface area contributed by atoms with Gasteiger partial charge in [0.25, 0.3) is 0 Å². The Morgan fingerprint density at radius 3 is 2.82 bits per heavy atom. The van der Waals surface area contributed by atoms with Crippen LogP contribution in [0.3, 0.4) is 0 Å². The third kappa shape index (κ3) is 2.79. The largest absolute Gasteiger partial charge is 0.476 e. The molecule has 0 aliphatic carbocycles. The summed E-state index contributed by atoms with van der Waals surface area (Å²) in [6.07, 6.45) is 0. The van der Waals surface area contributed by atoms with Crippen LogP contribution in [0.4, 0.5) is 15.2 Å². The van der Waals surface area contributed by atoms with E-state index in [1.165, 1.54) is 17.5 Å². The van der Waals surface area contributed by atoms with E-state index in [0.29, 0.717) is 10.8 Å². The molecule has 6 heteroatoms. The number of nitrogens with zero attached hydrogens (tertiary/aromatic N) is 1. The molecule has 0 unspecified atom stereocenters. The second-order valence-electron chi connectivity index (χ2n) is 3.49. The third-order valence-corrected chi connectivity index (χ3v) is 2.77. The minimum atomic E-state index is -1.08. The van der Waals surface area contributed by atoms with Crippen molar-refractivity contribution in [2.24, 2.45) is 0 Å². The van der Waals surface area contributed by atoms with Crippen molar-refractivity contribution in [3.8, 4) is 0 Å². The molecular formula is C11H9FN2O2S. The molecule has 0 radical (unpaired) electrons. The maximum absolute atomic E-state index is 13.1. The molecule has 2 aromatic rings. The van der Waals surface area contributed by atoms with Gasteiger partial charge in [-0.1, -0.05) is 0 Å². The Labute approximate surface area is 101 Å². The van der Waals surface area contributed by atoms with E-state index in [0.717, 1.165) is 16.9 Å². The number of aryl methyl sites for hydroxylation is 1. The quantitative estimate of drug-likeness (QED) is 0.881. The third-order valence-electron chi connectivity index (χ3n) is 2.02. The van der Waals surface area contributed by atoms with Gasteiger partial charge in [-0.25, -0.2) is 14.2 Å². The Morgan fingerprint density at radius 1 is 1.47 bits per heavy atom. The summed E-state index contributed by atoms with van der Waals surface area (Å²) in [7, 11) is 0. The molecule has 2 N–H and O–H groups in total. The Hall–Kier alpha value is -1.95. The lowest BCUT2D eigenvalue weighted by Crippen LogP contribution is -1.97. The van der Waals surface area contributed by atoms with Crippen LogP contribution in [0.5, 0.6) is 0 Å². The van der Waals surface area contributed by atoms with E-state index in [1.807, 2.05) is 0 Å². The van der Waals surface area contributed by atoms with Crippen LogP contribution in [-0.2, 0) is 0 Å². The molecule has 0 bridgehead atoms. The first-order valence-electron chi connectivity index (χ1n) is 4.77. The lowest BCUT2D eigenvalue weighted by molar-refractivity contribution is 0.0691. The van der Waals surface area contributed by atoms with E-state index in [2.05, 4.69) is 10.3 Å². The van der Waals surface area contributed by atoms with Gasteiger partial charge in [0.1, 0.15) is 5.82 Å². The first kappa shape index (κ1) is 11.5. The van der Waals surface area contributed by atoms with Crippen molar-refractivity contribution in [3.05, 3.63) is 40.7 Å². The number of aromatic nitrogens is 1. The second-order valence-corrected chi connectivity index (χ2v) is 4.34. The Bertz CT molecular complexity index is 548. The fraction of sp³-hybridized carbons (Fsp3) is 0.0909. The van der Waals surface area contributed by atoms with Crippen molar-refractivity contribution >= 4 is 28.1 Å². The molecule has 0 saturated heterocycles. The van der Waals surface area contributed by atoms with E-state index >= 15 is 0 Å². The van der Waals surface area contributed by atoms with Gasteiger partial charge in [0.15, 0.2) is 10.8 Å². The van der Waals surface area contributed by atoms with Crippen molar-refractivity contribution in [2.45, 2.75) is 6.92 Å². The van der Waals surface area contributed by atoms with Crippen molar-refractivity contribution < 1.29 is 14.3 Å². The fourth-order valence-electron chi connectivity index (χ4n) is 1.36. The van der Waals surface area contributed by atoms with E-state index in [1.54, 1.807) is 13.0 Å². The number of carboxylic acids is 1. The number of hydrogen-bond donors (Lipinski definition) is 2. The molecule has 2 rings (SSSR count). The number of rotatable bonds is 3. The van der Waals surface area contributed by atoms with E-state index < -0.39 is 5.97 Å². The summed E-state index contributed by atoms with van der Waals surface area (Å²) in [5.41, 5.74) is 1.31. The first-order valence-corrected chi connectivity index (χ1v) is 5.65. The number of halogens is 1. The van der Waals surface area contributed by atoms with Crippen molar-refractivity contribution in [2.75, 3.05) is 5.32 Å². The average molecular weight is 252 g/mol. The molecule has 0 aliphatic heterocycles. The molecule has 88 valence electrons. The molecule has 1 aromatic carbocycles. The van der Waals surface area contributed by atoms with Crippen LogP contribution in [0.15, 0.2) is 23.6 Å². The molecule has 0 atom stereocenters. The molecule has 0 saturated carbocycles. The number of benzene rings is 1. The van der Waals surface area contributed by atoms with Crippen LogP contribution in [0, 0.1) is 12.7 Å².